The van der Waals surface area contributed by atoms with E-state index in [4.69, 9.17) is 0 Å². The molecular weight excluding hydrogens is 176 g/mol. The molecule has 1 unspecified atom stereocenters. The predicted molar refractivity (Wildman–Crippen MR) is 60.4 cm³/mol. The molecule has 0 bridgehead atoms. The largest absolute Gasteiger partial charge is 0.385 e. The third kappa shape index (κ3) is 2.20. The van der Waals surface area contributed by atoms with E-state index >= 15 is 0 Å². The van der Waals surface area contributed by atoms with Crippen LogP contribution in [0.5, 0.6) is 0 Å². The van der Waals surface area contributed by atoms with Crippen LogP contribution in [-0.4, -0.2) is 15.3 Å². The maximum Gasteiger partial charge on any atom is 0.0891 e. The highest BCUT2D eigenvalue weighted by Crippen LogP contribution is 2.27. The topological polar surface area (TPSA) is 20.2 Å². The van der Waals surface area contributed by atoms with Crippen molar-refractivity contribution in [2.45, 2.75) is 26.4 Å². The lowest BCUT2D eigenvalue weighted by Crippen LogP contribution is -2.28. The molecule has 0 spiro atoms. The van der Waals surface area contributed by atoms with Crippen LogP contribution in [0.3, 0.4) is 0 Å². The van der Waals surface area contributed by atoms with Gasteiger partial charge in [0.05, 0.1) is 5.60 Å². The van der Waals surface area contributed by atoms with Crippen LogP contribution in [-0.2, 0) is 5.60 Å². The zero-order valence-electron chi connectivity index (χ0n) is 8.83. The Morgan fingerprint density at radius 1 is 1.23 bits per heavy atom. The minimum Gasteiger partial charge on any atom is -0.385 e. The summed E-state index contributed by atoms with van der Waals surface area (Å²) in [7, 11) is 1.07. The lowest BCUT2D eigenvalue weighted by molar-refractivity contribution is 0.00907. The number of rotatable bonds is 2. The zero-order valence-corrected chi connectivity index (χ0v) is 10.8. The van der Waals surface area contributed by atoms with E-state index in [1.165, 1.54) is 5.19 Å². The van der Waals surface area contributed by atoms with Gasteiger partial charge in [0.25, 0.3) is 0 Å². The van der Waals surface area contributed by atoms with E-state index < -0.39 is 5.60 Å². The summed E-state index contributed by atoms with van der Waals surface area (Å²) in [6.07, 6.45) is 0. The predicted octanol–water partition coefficient (Wildman–Crippen LogP) is 0.541. The first-order chi connectivity index (χ1) is 5.94. The smallest absolute Gasteiger partial charge is 0.0891 e. The molecule has 1 aromatic carbocycles. The fourth-order valence-corrected chi connectivity index (χ4v) is 1.56. The molecule has 1 nitrogen and oxygen atoms in total. The van der Waals surface area contributed by atoms with Crippen molar-refractivity contribution in [3.05, 3.63) is 29.8 Å². The van der Waals surface area contributed by atoms with Crippen LogP contribution in [0.25, 0.3) is 0 Å². The normalized spacial score (nSPS) is 16.1. The monoisotopic (exact) mass is 194 g/mol. The highest BCUT2D eigenvalue weighted by Gasteiger charge is 2.26. The molecule has 0 saturated carbocycles. The summed E-state index contributed by atoms with van der Waals surface area (Å²) in [5.74, 6) is 0.243. The molecule has 0 aromatic heterocycles. The first-order valence-electron chi connectivity index (χ1n) is 4.74. The molecule has 0 radical (unpaired) electrons. The van der Waals surface area contributed by atoms with Crippen molar-refractivity contribution in [1.29, 1.82) is 0 Å². The summed E-state index contributed by atoms with van der Waals surface area (Å²) in [4.78, 5) is 0. The van der Waals surface area contributed by atoms with Gasteiger partial charge in [0, 0.05) is 10.2 Å². The molecule has 1 atom stereocenters. The molecule has 0 fully saturated rings. The minimum absolute atomic E-state index is 0.243. The first-order valence-corrected chi connectivity index (χ1v) is 5.74. The van der Waals surface area contributed by atoms with Crippen molar-refractivity contribution in [2.24, 2.45) is 5.92 Å². The molecule has 0 saturated heterocycles. The average molecular weight is 194 g/mol. The third-order valence-corrected chi connectivity index (χ3v) is 3.43. The molecule has 1 aromatic rings. The molecule has 0 aliphatic carbocycles. The maximum absolute atomic E-state index is 10.2. The lowest BCUT2D eigenvalue weighted by Gasteiger charge is -2.28. The summed E-state index contributed by atoms with van der Waals surface area (Å²) in [6.45, 7) is 5.95. The molecule has 0 aliphatic rings. The van der Waals surface area contributed by atoms with Crippen LogP contribution < -0.4 is 5.19 Å². The van der Waals surface area contributed by atoms with E-state index in [2.05, 4.69) is 12.1 Å². The fourth-order valence-electron chi connectivity index (χ4n) is 1.22. The molecule has 2 heteroatoms. The third-order valence-electron chi connectivity index (χ3n) is 2.76. The van der Waals surface area contributed by atoms with E-state index in [0.717, 1.165) is 15.8 Å². The first kappa shape index (κ1) is 10.5. The van der Waals surface area contributed by atoms with Gasteiger partial charge in [-0.3, -0.25) is 0 Å². The number of hydrogen-bond donors (Lipinski definition) is 1. The minimum atomic E-state index is -0.699. The van der Waals surface area contributed by atoms with E-state index in [1.54, 1.807) is 0 Å². The van der Waals surface area contributed by atoms with Gasteiger partial charge in [0.15, 0.2) is 0 Å². The van der Waals surface area contributed by atoms with Crippen LogP contribution in [0, 0.1) is 5.92 Å². The van der Waals surface area contributed by atoms with Crippen molar-refractivity contribution < 1.29 is 5.11 Å². The quantitative estimate of drug-likeness (QED) is 0.681. The summed E-state index contributed by atoms with van der Waals surface area (Å²) in [5.41, 5.74) is 0.317. The second kappa shape index (κ2) is 3.64. The highest BCUT2D eigenvalue weighted by atomic mass is 28.1. The zero-order chi connectivity index (χ0) is 10.1. The van der Waals surface area contributed by atoms with Crippen molar-refractivity contribution in [3.63, 3.8) is 0 Å². The SMILES string of the molecule is CC(C)C(C)(O)c1ccc([SiH3])cc1. The van der Waals surface area contributed by atoms with Gasteiger partial charge >= 0.3 is 0 Å². The van der Waals surface area contributed by atoms with Crippen LogP contribution in [0.15, 0.2) is 24.3 Å². The Balaban J connectivity index is 3.01. The van der Waals surface area contributed by atoms with E-state index in [9.17, 15) is 5.11 Å². The van der Waals surface area contributed by atoms with Crippen molar-refractivity contribution >= 4 is 15.4 Å². The van der Waals surface area contributed by atoms with Crippen LogP contribution in [0.4, 0.5) is 0 Å². The molecule has 1 N–H and O–H groups in total. The molecular formula is C11H18OSi. The Bertz CT molecular complexity index is 275. The molecule has 1 rings (SSSR count). The van der Waals surface area contributed by atoms with Crippen LogP contribution >= 0.6 is 0 Å². The number of hydrogen-bond acceptors (Lipinski definition) is 1. The van der Waals surface area contributed by atoms with Gasteiger partial charge in [-0.15, -0.1) is 0 Å². The maximum atomic E-state index is 10.2. The molecule has 0 amide bonds. The van der Waals surface area contributed by atoms with Gasteiger partial charge in [-0.2, -0.15) is 0 Å². The van der Waals surface area contributed by atoms with E-state index in [0.29, 0.717) is 0 Å². The second-order valence-corrected chi connectivity index (χ2v) is 5.32. The fraction of sp³-hybridized carbons (Fsp3) is 0.455. The van der Waals surface area contributed by atoms with Crippen LogP contribution in [0.1, 0.15) is 26.3 Å². The van der Waals surface area contributed by atoms with Crippen LogP contribution in [0.2, 0.25) is 0 Å². The summed E-state index contributed by atoms with van der Waals surface area (Å²) in [5, 5.41) is 11.5. The lowest BCUT2D eigenvalue weighted by atomic mass is 9.85. The van der Waals surface area contributed by atoms with Crippen molar-refractivity contribution in [1.82, 2.24) is 0 Å². The standard InChI is InChI=1S/C11H18OSi/c1-8(2)11(3,12)9-4-6-10(13)7-5-9/h4-8,12H,1-3,13H3. The van der Waals surface area contributed by atoms with E-state index in [-0.39, 0.29) is 5.92 Å². The van der Waals surface area contributed by atoms with Gasteiger partial charge in [-0.05, 0) is 18.4 Å². The highest BCUT2D eigenvalue weighted by molar-refractivity contribution is 6.32. The van der Waals surface area contributed by atoms with Gasteiger partial charge in [0.1, 0.15) is 0 Å². The molecule has 0 heterocycles. The summed E-state index contributed by atoms with van der Waals surface area (Å²) in [6, 6.07) is 8.25. The van der Waals surface area contributed by atoms with Crippen molar-refractivity contribution in [2.75, 3.05) is 0 Å². The van der Waals surface area contributed by atoms with Crippen molar-refractivity contribution in [3.8, 4) is 0 Å². The Labute approximate surface area is 83.2 Å². The number of aliphatic hydroxyl groups is 1. The Kier molecular flexibility index (Phi) is 2.93. The molecule has 72 valence electrons. The molecule has 0 aliphatic heterocycles. The molecule has 13 heavy (non-hydrogen) atoms. The second-order valence-electron chi connectivity index (χ2n) is 4.17. The van der Waals surface area contributed by atoms with E-state index in [1.807, 2.05) is 32.9 Å². The summed E-state index contributed by atoms with van der Waals surface area (Å²) < 4.78 is 0. The average Bonchev–Trinajstić information content (AvgIpc) is 2.04. The van der Waals surface area contributed by atoms with Gasteiger partial charge in [-0.25, -0.2) is 0 Å². The number of benzene rings is 1. The summed E-state index contributed by atoms with van der Waals surface area (Å²) >= 11 is 0. The van der Waals surface area contributed by atoms with Gasteiger partial charge in [0.2, 0.25) is 0 Å². The Morgan fingerprint density at radius 3 is 2.08 bits per heavy atom. The Morgan fingerprint density at radius 2 is 1.69 bits per heavy atom. The van der Waals surface area contributed by atoms with Gasteiger partial charge < -0.3 is 5.11 Å². The Hall–Kier alpha value is -0.603. The van der Waals surface area contributed by atoms with Gasteiger partial charge in [-0.1, -0.05) is 43.3 Å².